The van der Waals surface area contributed by atoms with Crippen molar-refractivity contribution in [2.24, 2.45) is 0 Å². The van der Waals surface area contributed by atoms with E-state index in [1.807, 2.05) is 60.7 Å². The molecule has 0 saturated heterocycles. The summed E-state index contributed by atoms with van der Waals surface area (Å²) in [5.41, 5.74) is 0.857. The molecule has 0 aliphatic rings. The van der Waals surface area contributed by atoms with Crippen LogP contribution in [0.4, 0.5) is 0 Å². The Balaban J connectivity index is 1.79. The van der Waals surface area contributed by atoms with Crippen LogP contribution in [0.1, 0.15) is 12.5 Å². The first kappa shape index (κ1) is 22.6. The number of hydrogen-bond acceptors (Lipinski definition) is 4. The van der Waals surface area contributed by atoms with Crippen LogP contribution in [0.2, 0.25) is 0 Å². The molecule has 0 heterocycles. The molecule has 2 amide bonds. The van der Waals surface area contributed by atoms with Crippen LogP contribution in [0.25, 0.3) is 10.8 Å². The molecule has 1 N–H and O–H groups in total. The molecular weight excluding hydrogens is 460 g/mol. The van der Waals surface area contributed by atoms with Gasteiger partial charge in [0.05, 0.1) is 11.6 Å². The summed E-state index contributed by atoms with van der Waals surface area (Å²) in [7, 11) is 3.14. The number of halogens is 1. The van der Waals surface area contributed by atoms with Crippen LogP contribution >= 0.6 is 15.9 Å². The third kappa shape index (κ3) is 5.35. The van der Waals surface area contributed by atoms with Gasteiger partial charge in [-0.3, -0.25) is 9.59 Å². The van der Waals surface area contributed by atoms with E-state index >= 15 is 0 Å². The second kappa shape index (κ2) is 10.3. The van der Waals surface area contributed by atoms with Crippen molar-refractivity contribution in [2.75, 3.05) is 20.8 Å². The summed E-state index contributed by atoms with van der Waals surface area (Å²) in [4.78, 5) is 26.9. The maximum absolute atomic E-state index is 13.1. The lowest BCUT2D eigenvalue weighted by Gasteiger charge is -2.28. The highest BCUT2D eigenvalue weighted by molar-refractivity contribution is 9.10. The van der Waals surface area contributed by atoms with Gasteiger partial charge in [-0.05, 0) is 57.4 Å². The lowest BCUT2D eigenvalue weighted by atomic mass is 10.1. The first-order valence-corrected chi connectivity index (χ1v) is 10.7. The smallest absolute Gasteiger partial charge is 0.261 e. The van der Waals surface area contributed by atoms with E-state index < -0.39 is 6.04 Å². The summed E-state index contributed by atoms with van der Waals surface area (Å²) in [5.74, 6) is 0.719. The average Bonchev–Trinajstić information content (AvgIpc) is 2.81. The van der Waals surface area contributed by atoms with Crippen molar-refractivity contribution in [1.82, 2.24) is 10.2 Å². The van der Waals surface area contributed by atoms with E-state index in [-0.39, 0.29) is 25.0 Å². The highest BCUT2D eigenvalue weighted by atomic mass is 79.9. The molecule has 0 bridgehead atoms. The van der Waals surface area contributed by atoms with Gasteiger partial charge < -0.3 is 19.7 Å². The van der Waals surface area contributed by atoms with Gasteiger partial charge in [0.1, 0.15) is 17.5 Å². The maximum Gasteiger partial charge on any atom is 0.261 e. The van der Waals surface area contributed by atoms with Crippen molar-refractivity contribution < 1.29 is 19.1 Å². The average molecular weight is 485 g/mol. The zero-order chi connectivity index (χ0) is 22.4. The Kier molecular flexibility index (Phi) is 7.52. The summed E-state index contributed by atoms with van der Waals surface area (Å²) >= 11 is 3.57. The molecule has 0 unspecified atom stereocenters. The van der Waals surface area contributed by atoms with E-state index in [4.69, 9.17) is 9.47 Å². The number of carbonyl (C=O) groups excluding carboxylic acids is 2. The quantitative estimate of drug-likeness (QED) is 0.521. The van der Waals surface area contributed by atoms with Crippen molar-refractivity contribution in [1.29, 1.82) is 0 Å². The third-order valence-electron chi connectivity index (χ3n) is 5.08. The standard InChI is InChI=1S/C24H25BrN2O4/c1-16(24(29)26-2)27(14-17-7-6-9-19(13-17)30-3)22(28)15-31-21-12-11-18-8-4-5-10-20(18)23(21)25/h4-13,16H,14-15H2,1-3H3,(H,26,29)/t16-/m1/s1. The van der Waals surface area contributed by atoms with Crippen molar-refractivity contribution in [3.63, 3.8) is 0 Å². The largest absolute Gasteiger partial charge is 0.497 e. The summed E-state index contributed by atoms with van der Waals surface area (Å²) in [6.07, 6.45) is 0. The van der Waals surface area contributed by atoms with Crippen molar-refractivity contribution >= 4 is 38.5 Å². The first-order chi connectivity index (χ1) is 14.9. The van der Waals surface area contributed by atoms with Gasteiger partial charge in [-0.2, -0.15) is 0 Å². The van der Waals surface area contributed by atoms with Crippen LogP contribution in [0.5, 0.6) is 11.5 Å². The van der Waals surface area contributed by atoms with E-state index in [1.54, 1.807) is 21.1 Å². The predicted molar refractivity (Wildman–Crippen MR) is 124 cm³/mol. The van der Waals surface area contributed by atoms with Crippen LogP contribution in [0.15, 0.2) is 65.1 Å². The molecule has 1 atom stereocenters. The number of fused-ring (bicyclic) bond motifs is 1. The summed E-state index contributed by atoms with van der Waals surface area (Å²) in [5, 5.41) is 4.68. The van der Waals surface area contributed by atoms with E-state index in [2.05, 4.69) is 21.2 Å². The van der Waals surface area contributed by atoms with Crippen LogP contribution in [-0.2, 0) is 16.1 Å². The molecule has 31 heavy (non-hydrogen) atoms. The number of carbonyl (C=O) groups is 2. The number of nitrogens with zero attached hydrogens (tertiary/aromatic N) is 1. The van der Waals surface area contributed by atoms with Gasteiger partial charge in [-0.1, -0.05) is 42.5 Å². The number of likely N-dealkylation sites (N-methyl/N-ethyl adjacent to an activating group) is 1. The molecule has 162 valence electrons. The Bertz CT molecular complexity index is 1090. The van der Waals surface area contributed by atoms with Gasteiger partial charge in [0.25, 0.3) is 5.91 Å². The summed E-state index contributed by atoms with van der Waals surface area (Å²) in [6.45, 7) is 1.76. The Morgan fingerprint density at radius 3 is 2.61 bits per heavy atom. The Hall–Kier alpha value is -3.06. The predicted octanol–water partition coefficient (Wildman–Crippen LogP) is 4.15. The number of nitrogens with one attached hydrogen (secondary N) is 1. The molecular formula is C24H25BrN2O4. The van der Waals surface area contributed by atoms with Crippen molar-refractivity contribution in [2.45, 2.75) is 19.5 Å². The normalized spacial score (nSPS) is 11.6. The van der Waals surface area contributed by atoms with Crippen LogP contribution < -0.4 is 14.8 Å². The monoisotopic (exact) mass is 484 g/mol. The lowest BCUT2D eigenvalue weighted by Crippen LogP contribution is -2.48. The highest BCUT2D eigenvalue weighted by Gasteiger charge is 2.26. The van der Waals surface area contributed by atoms with E-state index in [1.165, 1.54) is 4.90 Å². The lowest BCUT2D eigenvalue weighted by molar-refractivity contribution is -0.142. The molecule has 7 heteroatoms. The fourth-order valence-corrected chi connectivity index (χ4v) is 3.91. The number of amides is 2. The minimum atomic E-state index is -0.660. The topological polar surface area (TPSA) is 67.9 Å². The van der Waals surface area contributed by atoms with E-state index in [0.29, 0.717) is 11.5 Å². The number of methoxy groups -OCH3 is 1. The second-order valence-electron chi connectivity index (χ2n) is 7.05. The molecule has 3 rings (SSSR count). The second-order valence-corrected chi connectivity index (χ2v) is 7.84. The van der Waals surface area contributed by atoms with E-state index in [9.17, 15) is 9.59 Å². The first-order valence-electron chi connectivity index (χ1n) is 9.88. The van der Waals surface area contributed by atoms with Crippen molar-refractivity contribution in [3.05, 3.63) is 70.7 Å². The molecule has 0 fully saturated rings. The number of hydrogen-bond donors (Lipinski definition) is 1. The van der Waals surface area contributed by atoms with Crippen LogP contribution in [0, 0.1) is 0 Å². The number of benzene rings is 3. The SMILES string of the molecule is CNC(=O)[C@@H](C)N(Cc1cccc(OC)c1)C(=O)COc1ccc2ccccc2c1Br. The molecule has 0 aromatic heterocycles. The molecule has 0 aliphatic heterocycles. The van der Waals surface area contributed by atoms with Gasteiger partial charge in [0.15, 0.2) is 6.61 Å². The minimum Gasteiger partial charge on any atom is -0.497 e. The van der Waals surface area contributed by atoms with Gasteiger partial charge in [0.2, 0.25) is 5.91 Å². The molecule has 0 spiro atoms. The minimum absolute atomic E-state index is 0.192. The number of ether oxygens (including phenoxy) is 2. The molecule has 0 aliphatic carbocycles. The molecule has 3 aromatic carbocycles. The fraction of sp³-hybridized carbons (Fsp3) is 0.250. The summed E-state index contributed by atoms with van der Waals surface area (Å²) in [6, 6.07) is 18.4. The van der Waals surface area contributed by atoms with Crippen LogP contribution in [-0.4, -0.2) is 43.5 Å². The zero-order valence-corrected chi connectivity index (χ0v) is 19.3. The zero-order valence-electron chi connectivity index (χ0n) is 17.7. The fourth-order valence-electron chi connectivity index (χ4n) is 3.31. The third-order valence-corrected chi connectivity index (χ3v) is 5.90. The van der Waals surface area contributed by atoms with Crippen molar-refractivity contribution in [3.8, 4) is 11.5 Å². The Morgan fingerprint density at radius 2 is 1.87 bits per heavy atom. The van der Waals surface area contributed by atoms with Crippen LogP contribution in [0.3, 0.4) is 0 Å². The number of rotatable bonds is 8. The van der Waals surface area contributed by atoms with Gasteiger partial charge >= 0.3 is 0 Å². The molecule has 0 radical (unpaired) electrons. The van der Waals surface area contributed by atoms with Gasteiger partial charge in [-0.25, -0.2) is 0 Å². The van der Waals surface area contributed by atoms with Gasteiger partial charge in [-0.15, -0.1) is 0 Å². The molecule has 0 saturated carbocycles. The van der Waals surface area contributed by atoms with Gasteiger partial charge in [0, 0.05) is 13.6 Å². The maximum atomic E-state index is 13.1. The summed E-state index contributed by atoms with van der Waals surface area (Å²) < 4.78 is 11.9. The Morgan fingerprint density at radius 1 is 1.10 bits per heavy atom. The highest BCUT2D eigenvalue weighted by Crippen LogP contribution is 2.33. The Labute approximate surface area is 190 Å². The van der Waals surface area contributed by atoms with E-state index in [0.717, 1.165) is 20.8 Å². The molecule has 6 nitrogen and oxygen atoms in total. The molecule has 3 aromatic rings.